The van der Waals surface area contributed by atoms with Crippen molar-refractivity contribution in [3.8, 4) is 5.75 Å². The monoisotopic (exact) mass is 297 g/mol. The van der Waals surface area contributed by atoms with E-state index in [2.05, 4.69) is 5.16 Å². The molecule has 0 aliphatic rings. The number of benzene rings is 2. The summed E-state index contributed by atoms with van der Waals surface area (Å²) in [4.78, 5) is 11.8. The van der Waals surface area contributed by atoms with Crippen LogP contribution in [0.2, 0.25) is 0 Å². The average molecular weight is 297 g/mol. The molecule has 0 atom stereocenters. The molecule has 0 fully saturated rings. The highest BCUT2D eigenvalue weighted by Crippen LogP contribution is 2.20. The first kappa shape index (κ1) is 15.5. The van der Waals surface area contributed by atoms with Crippen molar-refractivity contribution in [3.05, 3.63) is 71.3 Å². The van der Waals surface area contributed by atoms with Gasteiger partial charge in [0.15, 0.2) is 0 Å². The predicted molar refractivity (Wildman–Crippen MR) is 82.9 cm³/mol. The number of esters is 1. The van der Waals surface area contributed by atoms with Gasteiger partial charge in [0, 0.05) is 11.6 Å². The topological polar surface area (TPSA) is 79.1 Å². The minimum atomic E-state index is -0.540. The van der Waals surface area contributed by atoms with Gasteiger partial charge < -0.3 is 15.1 Å². The van der Waals surface area contributed by atoms with Crippen molar-refractivity contribution in [3.63, 3.8) is 0 Å². The number of aliphatic hydroxyl groups excluding tert-OH is 1. The van der Waals surface area contributed by atoms with E-state index in [1.165, 1.54) is 18.4 Å². The zero-order valence-corrected chi connectivity index (χ0v) is 11.7. The van der Waals surface area contributed by atoms with Crippen molar-refractivity contribution in [2.45, 2.75) is 6.61 Å². The van der Waals surface area contributed by atoms with Crippen LogP contribution in [0, 0.1) is 0 Å². The molecule has 0 aliphatic carbocycles. The zero-order chi connectivity index (χ0) is 15.8. The van der Waals surface area contributed by atoms with Gasteiger partial charge in [-0.15, -0.1) is 0 Å². The molecular weight excluding hydrogens is 282 g/mol. The minimum Gasteiger partial charge on any atom is -0.423 e. The van der Waals surface area contributed by atoms with Gasteiger partial charge >= 0.3 is 5.97 Å². The number of oxime groups is 1. The van der Waals surface area contributed by atoms with Crippen molar-refractivity contribution < 1.29 is 19.8 Å². The first-order chi connectivity index (χ1) is 10.7. The van der Waals surface area contributed by atoms with E-state index >= 15 is 0 Å². The van der Waals surface area contributed by atoms with Gasteiger partial charge in [-0.1, -0.05) is 35.5 Å². The molecular formula is C17H15NO4. The average Bonchev–Trinajstić information content (AvgIpc) is 2.55. The SMILES string of the molecule is O=C(/C=C/c1ccccc1)Oc1ccc(/C=N/O)cc1CO. The molecule has 0 spiro atoms. The van der Waals surface area contributed by atoms with Crippen LogP contribution in [0.15, 0.2) is 59.8 Å². The summed E-state index contributed by atoms with van der Waals surface area (Å²) in [5.41, 5.74) is 1.90. The minimum absolute atomic E-state index is 0.264. The van der Waals surface area contributed by atoms with Crippen molar-refractivity contribution in [1.29, 1.82) is 0 Å². The van der Waals surface area contributed by atoms with E-state index in [1.807, 2.05) is 30.3 Å². The summed E-state index contributed by atoms with van der Waals surface area (Å²) < 4.78 is 5.20. The summed E-state index contributed by atoms with van der Waals surface area (Å²) in [6, 6.07) is 14.1. The largest absolute Gasteiger partial charge is 0.423 e. The molecule has 5 heteroatoms. The molecule has 5 nitrogen and oxygen atoms in total. The van der Waals surface area contributed by atoms with Gasteiger partial charge in [0.2, 0.25) is 0 Å². The lowest BCUT2D eigenvalue weighted by Crippen LogP contribution is -2.06. The Morgan fingerprint density at radius 2 is 1.91 bits per heavy atom. The van der Waals surface area contributed by atoms with Gasteiger partial charge in [0.05, 0.1) is 12.8 Å². The van der Waals surface area contributed by atoms with Crippen LogP contribution >= 0.6 is 0 Å². The lowest BCUT2D eigenvalue weighted by atomic mass is 10.1. The number of ether oxygens (including phenoxy) is 1. The molecule has 2 rings (SSSR count). The predicted octanol–water partition coefficient (Wildman–Crippen LogP) is 2.61. The highest BCUT2D eigenvalue weighted by atomic mass is 16.5. The molecule has 2 N–H and O–H groups in total. The lowest BCUT2D eigenvalue weighted by molar-refractivity contribution is -0.128. The third-order valence-corrected chi connectivity index (χ3v) is 2.88. The fourth-order valence-corrected chi connectivity index (χ4v) is 1.84. The Morgan fingerprint density at radius 3 is 2.59 bits per heavy atom. The quantitative estimate of drug-likeness (QED) is 0.222. The summed E-state index contributed by atoms with van der Waals surface area (Å²) in [6.07, 6.45) is 4.19. The summed E-state index contributed by atoms with van der Waals surface area (Å²) in [5, 5.41) is 20.7. The summed E-state index contributed by atoms with van der Waals surface area (Å²) >= 11 is 0. The van der Waals surface area contributed by atoms with Crippen LogP contribution in [0.1, 0.15) is 16.7 Å². The van der Waals surface area contributed by atoms with Crippen LogP contribution in [-0.2, 0) is 11.4 Å². The molecule has 0 saturated heterocycles. The van der Waals surface area contributed by atoms with Crippen LogP contribution in [-0.4, -0.2) is 22.5 Å². The molecule has 0 aromatic heterocycles. The second-order valence-electron chi connectivity index (χ2n) is 4.43. The number of nitrogens with zero attached hydrogens (tertiary/aromatic N) is 1. The summed E-state index contributed by atoms with van der Waals surface area (Å²) in [6.45, 7) is -0.294. The Kier molecular flexibility index (Phi) is 5.45. The molecule has 2 aromatic rings. The third kappa shape index (κ3) is 4.29. The standard InChI is InChI=1S/C17H15NO4/c19-12-15-10-14(11-18-21)6-8-16(15)22-17(20)9-7-13-4-2-1-3-5-13/h1-11,19,21H,12H2/b9-7+,18-11+. The second-order valence-corrected chi connectivity index (χ2v) is 4.43. The number of rotatable bonds is 5. The maximum atomic E-state index is 11.8. The van der Waals surface area contributed by atoms with E-state index in [9.17, 15) is 9.90 Å². The van der Waals surface area contributed by atoms with Crippen LogP contribution in [0.5, 0.6) is 5.75 Å². The Hall–Kier alpha value is -2.92. The number of hydrogen-bond donors (Lipinski definition) is 2. The van der Waals surface area contributed by atoms with Crippen molar-refractivity contribution in [1.82, 2.24) is 0 Å². The fourth-order valence-electron chi connectivity index (χ4n) is 1.84. The van der Waals surface area contributed by atoms with E-state index in [-0.39, 0.29) is 12.4 Å². The number of carbonyl (C=O) groups excluding carboxylic acids is 1. The van der Waals surface area contributed by atoms with Gasteiger partial charge in [-0.05, 0) is 35.4 Å². The fraction of sp³-hybridized carbons (Fsp3) is 0.0588. The normalized spacial score (nSPS) is 11.1. The van der Waals surface area contributed by atoms with Crippen LogP contribution in [0.4, 0.5) is 0 Å². The van der Waals surface area contributed by atoms with E-state index in [0.29, 0.717) is 11.1 Å². The summed E-state index contributed by atoms with van der Waals surface area (Å²) in [5.74, 6) is -0.276. The van der Waals surface area contributed by atoms with Gasteiger partial charge in [0.1, 0.15) is 5.75 Å². The lowest BCUT2D eigenvalue weighted by Gasteiger charge is -2.07. The first-order valence-electron chi connectivity index (χ1n) is 6.59. The Balaban J connectivity index is 2.09. The van der Waals surface area contributed by atoms with E-state index in [4.69, 9.17) is 9.94 Å². The molecule has 0 radical (unpaired) electrons. The molecule has 0 amide bonds. The maximum absolute atomic E-state index is 11.8. The zero-order valence-electron chi connectivity index (χ0n) is 11.7. The van der Waals surface area contributed by atoms with Crippen molar-refractivity contribution in [2.24, 2.45) is 5.16 Å². The first-order valence-corrected chi connectivity index (χ1v) is 6.59. The van der Waals surface area contributed by atoms with Gasteiger partial charge in [0.25, 0.3) is 0 Å². The summed E-state index contributed by atoms with van der Waals surface area (Å²) in [7, 11) is 0. The van der Waals surface area contributed by atoms with Crippen LogP contribution < -0.4 is 4.74 Å². The van der Waals surface area contributed by atoms with E-state index in [1.54, 1.807) is 18.2 Å². The number of carbonyl (C=O) groups is 1. The van der Waals surface area contributed by atoms with Gasteiger partial charge in [-0.2, -0.15) is 0 Å². The van der Waals surface area contributed by atoms with E-state index in [0.717, 1.165) is 5.56 Å². The van der Waals surface area contributed by atoms with Crippen LogP contribution in [0.25, 0.3) is 6.08 Å². The molecule has 2 aromatic carbocycles. The van der Waals surface area contributed by atoms with E-state index < -0.39 is 5.97 Å². The van der Waals surface area contributed by atoms with Crippen LogP contribution in [0.3, 0.4) is 0 Å². The molecule has 0 unspecified atom stereocenters. The number of hydrogen-bond acceptors (Lipinski definition) is 5. The molecule has 0 aliphatic heterocycles. The Morgan fingerprint density at radius 1 is 1.14 bits per heavy atom. The molecule has 0 bridgehead atoms. The van der Waals surface area contributed by atoms with Crippen molar-refractivity contribution >= 4 is 18.3 Å². The van der Waals surface area contributed by atoms with Gasteiger partial charge in [-0.25, -0.2) is 4.79 Å². The van der Waals surface area contributed by atoms with Crippen molar-refractivity contribution in [2.75, 3.05) is 0 Å². The Bertz CT molecular complexity index is 693. The number of aliphatic hydroxyl groups is 1. The second kappa shape index (κ2) is 7.75. The highest BCUT2D eigenvalue weighted by molar-refractivity contribution is 5.89. The third-order valence-electron chi connectivity index (χ3n) is 2.88. The maximum Gasteiger partial charge on any atom is 0.336 e. The smallest absolute Gasteiger partial charge is 0.336 e. The highest BCUT2D eigenvalue weighted by Gasteiger charge is 2.07. The Labute approximate surface area is 127 Å². The molecule has 0 heterocycles. The van der Waals surface area contributed by atoms with Gasteiger partial charge in [-0.3, -0.25) is 0 Å². The molecule has 22 heavy (non-hydrogen) atoms. The molecule has 0 saturated carbocycles. The molecule has 112 valence electrons.